The van der Waals surface area contributed by atoms with Crippen molar-refractivity contribution in [1.29, 1.82) is 0 Å². The van der Waals surface area contributed by atoms with E-state index in [1.54, 1.807) is 12.4 Å². The van der Waals surface area contributed by atoms with Gasteiger partial charge in [-0.05, 0) is 25.0 Å². The molecule has 16 heavy (non-hydrogen) atoms. The van der Waals surface area contributed by atoms with Crippen molar-refractivity contribution in [3.05, 3.63) is 30.1 Å². The first-order valence-electron chi connectivity index (χ1n) is 5.68. The number of unbranched alkanes of at least 4 members (excludes halogenated alkanes) is 1. The summed E-state index contributed by atoms with van der Waals surface area (Å²) in [6.45, 7) is 4.76. The molecule has 1 atom stereocenters. The molecule has 0 aliphatic carbocycles. The highest BCUT2D eigenvalue weighted by molar-refractivity contribution is 5.74. The van der Waals surface area contributed by atoms with Gasteiger partial charge in [-0.3, -0.25) is 4.98 Å². The van der Waals surface area contributed by atoms with Crippen molar-refractivity contribution in [3.63, 3.8) is 0 Å². The normalized spacial score (nSPS) is 11.9. The molecule has 0 bridgehead atoms. The third-order valence-electron chi connectivity index (χ3n) is 2.35. The Labute approximate surface area is 96.5 Å². The average molecular weight is 221 g/mol. The van der Waals surface area contributed by atoms with Crippen LogP contribution < -0.4 is 10.6 Å². The number of nitrogens with zero attached hydrogens (tertiary/aromatic N) is 1. The molecule has 2 N–H and O–H groups in total. The summed E-state index contributed by atoms with van der Waals surface area (Å²) >= 11 is 0. The second-order valence-electron chi connectivity index (χ2n) is 3.76. The number of carbonyl (C=O) groups is 1. The highest BCUT2D eigenvalue weighted by atomic mass is 16.2. The van der Waals surface area contributed by atoms with Crippen LogP contribution in [0.5, 0.6) is 0 Å². The van der Waals surface area contributed by atoms with Gasteiger partial charge in [0.2, 0.25) is 0 Å². The zero-order valence-electron chi connectivity index (χ0n) is 9.86. The lowest BCUT2D eigenvalue weighted by atomic mass is 10.1. The first kappa shape index (κ1) is 12.5. The lowest BCUT2D eigenvalue weighted by Crippen LogP contribution is -2.37. The zero-order chi connectivity index (χ0) is 11.8. The van der Waals surface area contributed by atoms with Crippen LogP contribution in [0, 0.1) is 0 Å². The molecule has 2 amide bonds. The molecular weight excluding hydrogens is 202 g/mol. The fraction of sp³-hybridized carbons (Fsp3) is 0.500. The van der Waals surface area contributed by atoms with Gasteiger partial charge in [0.15, 0.2) is 0 Å². The SMILES string of the molecule is CCCCNC(=O)NC(C)c1cccnc1. The van der Waals surface area contributed by atoms with Crippen molar-refractivity contribution in [1.82, 2.24) is 15.6 Å². The van der Waals surface area contributed by atoms with E-state index in [4.69, 9.17) is 0 Å². The number of hydrogen-bond donors (Lipinski definition) is 2. The lowest BCUT2D eigenvalue weighted by Gasteiger charge is -2.14. The largest absolute Gasteiger partial charge is 0.338 e. The molecule has 1 heterocycles. The molecule has 0 aliphatic rings. The molecule has 0 aliphatic heterocycles. The lowest BCUT2D eigenvalue weighted by molar-refractivity contribution is 0.238. The Hall–Kier alpha value is -1.58. The number of rotatable bonds is 5. The maximum absolute atomic E-state index is 11.5. The number of urea groups is 1. The second kappa shape index (κ2) is 6.82. The molecule has 4 nitrogen and oxygen atoms in total. The quantitative estimate of drug-likeness (QED) is 0.749. The highest BCUT2D eigenvalue weighted by Gasteiger charge is 2.08. The van der Waals surface area contributed by atoms with Crippen molar-refractivity contribution in [2.24, 2.45) is 0 Å². The molecule has 0 radical (unpaired) electrons. The summed E-state index contributed by atoms with van der Waals surface area (Å²) in [5.41, 5.74) is 1.01. The van der Waals surface area contributed by atoms with Crippen LogP contribution in [0.15, 0.2) is 24.5 Å². The number of amides is 2. The van der Waals surface area contributed by atoms with Crippen molar-refractivity contribution in [2.75, 3.05) is 6.54 Å². The van der Waals surface area contributed by atoms with E-state index in [-0.39, 0.29) is 12.1 Å². The third-order valence-corrected chi connectivity index (χ3v) is 2.35. The van der Waals surface area contributed by atoms with Gasteiger partial charge in [0.25, 0.3) is 0 Å². The predicted molar refractivity (Wildman–Crippen MR) is 64.1 cm³/mol. The van der Waals surface area contributed by atoms with Crippen molar-refractivity contribution in [2.45, 2.75) is 32.7 Å². The van der Waals surface area contributed by atoms with E-state index in [1.807, 2.05) is 19.1 Å². The summed E-state index contributed by atoms with van der Waals surface area (Å²) in [6, 6.07) is 3.67. The van der Waals surface area contributed by atoms with Gasteiger partial charge in [-0.2, -0.15) is 0 Å². The number of pyridine rings is 1. The van der Waals surface area contributed by atoms with Crippen LogP contribution in [-0.2, 0) is 0 Å². The van der Waals surface area contributed by atoms with E-state index >= 15 is 0 Å². The first-order chi connectivity index (χ1) is 7.74. The Morgan fingerprint density at radius 3 is 3.00 bits per heavy atom. The Bertz CT molecular complexity index is 313. The average Bonchev–Trinajstić information content (AvgIpc) is 2.30. The summed E-state index contributed by atoms with van der Waals surface area (Å²) in [5.74, 6) is 0. The van der Waals surface area contributed by atoms with Gasteiger partial charge in [0.1, 0.15) is 0 Å². The first-order valence-corrected chi connectivity index (χ1v) is 5.68. The fourth-order valence-corrected chi connectivity index (χ4v) is 1.34. The smallest absolute Gasteiger partial charge is 0.315 e. The van der Waals surface area contributed by atoms with Crippen LogP contribution in [0.25, 0.3) is 0 Å². The molecule has 1 aromatic rings. The van der Waals surface area contributed by atoms with Gasteiger partial charge < -0.3 is 10.6 Å². The van der Waals surface area contributed by atoms with E-state index in [1.165, 1.54) is 0 Å². The maximum Gasteiger partial charge on any atom is 0.315 e. The molecule has 0 aromatic carbocycles. The van der Waals surface area contributed by atoms with E-state index in [2.05, 4.69) is 22.5 Å². The second-order valence-corrected chi connectivity index (χ2v) is 3.76. The van der Waals surface area contributed by atoms with E-state index in [0.29, 0.717) is 0 Å². The maximum atomic E-state index is 11.5. The van der Waals surface area contributed by atoms with E-state index in [0.717, 1.165) is 24.9 Å². The van der Waals surface area contributed by atoms with Gasteiger partial charge in [0.05, 0.1) is 6.04 Å². The molecule has 0 fully saturated rings. The standard InChI is InChI=1S/C12H19N3O/c1-3-4-8-14-12(16)15-10(2)11-6-5-7-13-9-11/h5-7,9-10H,3-4,8H2,1-2H3,(H2,14,15,16). The fourth-order valence-electron chi connectivity index (χ4n) is 1.34. The Morgan fingerprint density at radius 2 is 2.38 bits per heavy atom. The predicted octanol–water partition coefficient (Wildman–Crippen LogP) is 2.24. The summed E-state index contributed by atoms with van der Waals surface area (Å²) in [4.78, 5) is 15.5. The summed E-state index contributed by atoms with van der Waals surface area (Å²) in [7, 11) is 0. The topological polar surface area (TPSA) is 54.0 Å². The van der Waals surface area contributed by atoms with Gasteiger partial charge >= 0.3 is 6.03 Å². The van der Waals surface area contributed by atoms with Crippen molar-refractivity contribution in [3.8, 4) is 0 Å². The Morgan fingerprint density at radius 1 is 1.56 bits per heavy atom. The summed E-state index contributed by atoms with van der Waals surface area (Å²) < 4.78 is 0. The van der Waals surface area contributed by atoms with Crippen LogP contribution >= 0.6 is 0 Å². The molecule has 1 aromatic heterocycles. The number of hydrogen-bond acceptors (Lipinski definition) is 2. The minimum Gasteiger partial charge on any atom is -0.338 e. The van der Waals surface area contributed by atoms with Gasteiger partial charge in [-0.1, -0.05) is 19.4 Å². The molecule has 4 heteroatoms. The zero-order valence-corrected chi connectivity index (χ0v) is 9.86. The van der Waals surface area contributed by atoms with Crippen LogP contribution in [0.3, 0.4) is 0 Å². The van der Waals surface area contributed by atoms with E-state index in [9.17, 15) is 4.79 Å². The molecule has 0 saturated carbocycles. The highest BCUT2D eigenvalue weighted by Crippen LogP contribution is 2.08. The monoisotopic (exact) mass is 221 g/mol. The number of aromatic nitrogens is 1. The number of carbonyl (C=O) groups excluding carboxylic acids is 1. The van der Waals surface area contributed by atoms with Crippen LogP contribution in [-0.4, -0.2) is 17.6 Å². The number of nitrogens with one attached hydrogen (secondary N) is 2. The molecule has 1 unspecified atom stereocenters. The molecule has 88 valence electrons. The molecular formula is C12H19N3O. The van der Waals surface area contributed by atoms with Crippen LogP contribution in [0.1, 0.15) is 38.3 Å². The Kier molecular flexibility index (Phi) is 5.32. The van der Waals surface area contributed by atoms with E-state index < -0.39 is 0 Å². The van der Waals surface area contributed by atoms with Gasteiger partial charge in [0, 0.05) is 18.9 Å². The van der Waals surface area contributed by atoms with Crippen LogP contribution in [0.4, 0.5) is 4.79 Å². The molecule has 0 saturated heterocycles. The summed E-state index contributed by atoms with van der Waals surface area (Å²) in [5, 5.41) is 5.68. The van der Waals surface area contributed by atoms with Gasteiger partial charge in [-0.15, -0.1) is 0 Å². The third kappa shape index (κ3) is 4.29. The minimum absolute atomic E-state index is 0.0182. The molecule has 0 spiro atoms. The van der Waals surface area contributed by atoms with Gasteiger partial charge in [-0.25, -0.2) is 4.79 Å². The minimum atomic E-state index is -0.121. The Balaban J connectivity index is 2.34. The van der Waals surface area contributed by atoms with Crippen molar-refractivity contribution < 1.29 is 4.79 Å². The molecule has 1 rings (SSSR count). The van der Waals surface area contributed by atoms with Crippen LogP contribution in [0.2, 0.25) is 0 Å². The summed E-state index contributed by atoms with van der Waals surface area (Å²) in [6.07, 6.45) is 5.57. The van der Waals surface area contributed by atoms with Crippen molar-refractivity contribution >= 4 is 6.03 Å².